The van der Waals surface area contributed by atoms with Gasteiger partial charge in [0.15, 0.2) is 0 Å². The molecule has 0 atom stereocenters. The van der Waals surface area contributed by atoms with Gasteiger partial charge in [-0.25, -0.2) is 0 Å². The molecule has 0 bridgehead atoms. The quantitative estimate of drug-likeness (QED) is 0.364. The van der Waals surface area contributed by atoms with Crippen LogP contribution in [0.25, 0.3) is 50.5 Å². The van der Waals surface area contributed by atoms with Gasteiger partial charge in [0.1, 0.15) is 0 Å². The number of hydrogen-bond acceptors (Lipinski definition) is 0. The lowest BCUT2D eigenvalue weighted by atomic mass is 10.1. The van der Waals surface area contributed by atoms with E-state index in [4.69, 9.17) is 0 Å². The Hall–Kier alpha value is -3.52. The zero-order valence-corrected chi connectivity index (χ0v) is 15.2. The third-order valence-electron chi connectivity index (χ3n) is 5.23. The van der Waals surface area contributed by atoms with E-state index in [0.717, 1.165) is 22.4 Å². The van der Waals surface area contributed by atoms with Crippen molar-refractivity contribution in [3.05, 3.63) is 90.6 Å². The highest BCUT2D eigenvalue weighted by atomic mass is 15.0. The smallest absolute Gasteiger partial charge is 0.0783 e. The molecule has 2 nitrogen and oxygen atoms in total. The summed E-state index contributed by atoms with van der Waals surface area (Å²) < 4.78 is 2.31. The van der Waals surface area contributed by atoms with E-state index in [1.165, 1.54) is 27.2 Å². The standard InChI is InChI=1S/C25H20N2/c1-3-10-19-21-16-15-20-18-13-8-9-14-22(18)26-24(20)25(21)27(23(19)4-2)17-11-6-5-7-12-17/h3-16,26H,2H2,1H3/b10-3-. The molecule has 0 aliphatic rings. The molecule has 1 N–H and O–H groups in total. The van der Waals surface area contributed by atoms with Crippen LogP contribution in [0.4, 0.5) is 0 Å². The van der Waals surface area contributed by atoms with Crippen LogP contribution in [0, 0.1) is 0 Å². The van der Waals surface area contributed by atoms with E-state index < -0.39 is 0 Å². The van der Waals surface area contributed by atoms with Crippen LogP contribution < -0.4 is 0 Å². The predicted molar refractivity (Wildman–Crippen MR) is 117 cm³/mol. The van der Waals surface area contributed by atoms with Crippen molar-refractivity contribution in [1.29, 1.82) is 0 Å². The second-order valence-electron chi connectivity index (χ2n) is 6.73. The summed E-state index contributed by atoms with van der Waals surface area (Å²) >= 11 is 0. The lowest BCUT2D eigenvalue weighted by Gasteiger charge is -2.09. The van der Waals surface area contributed by atoms with Crippen molar-refractivity contribution in [3.8, 4) is 5.69 Å². The van der Waals surface area contributed by atoms with Crippen molar-refractivity contribution in [1.82, 2.24) is 9.55 Å². The van der Waals surface area contributed by atoms with Gasteiger partial charge < -0.3 is 9.55 Å². The number of fused-ring (bicyclic) bond motifs is 5. The minimum atomic E-state index is 1.11. The zero-order valence-electron chi connectivity index (χ0n) is 15.2. The molecular formula is C25H20N2. The van der Waals surface area contributed by atoms with Crippen molar-refractivity contribution in [2.45, 2.75) is 6.92 Å². The van der Waals surface area contributed by atoms with Gasteiger partial charge in [-0.2, -0.15) is 0 Å². The van der Waals surface area contributed by atoms with Gasteiger partial charge >= 0.3 is 0 Å². The molecule has 0 amide bonds. The van der Waals surface area contributed by atoms with Gasteiger partial charge in [-0.15, -0.1) is 0 Å². The second-order valence-corrected chi connectivity index (χ2v) is 6.73. The first-order chi connectivity index (χ1) is 13.3. The van der Waals surface area contributed by atoms with Gasteiger partial charge in [-0.3, -0.25) is 0 Å². The van der Waals surface area contributed by atoms with Crippen molar-refractivity contribution in [2.24, 2.45) is 0 Å². The second kappa shape index (κ2) is 6.03. The minimum Gasteiger partial charge on any atom is -0.353 e. The lowest BCUT2D eigenvalue weighted by molar-refractivity contribution is 1.11. The summed E-state index contributed by atoms with van der Waals surface area (Å²) in [6.07, 6.45) is 6.22. The molecule has 0 saturated carbocycles. The summed E-state index contributed by atoms with van der Waals surface area (Å²) in [6, 6.07) is 23.4. The normalized spacial score (nSPS) is 11.9. The lowest BCUT2D eigenvalue weighted by Crippen LogP contribution is -1.97. The Kier molecular flexibility index (Phi) is 3.51. The molecule has 0 fully saturated rings. The summed E-state index contributed by atoms with van der Waals surface area (Å²) in [5.41, 5.74) is 6.97. The first-order valence-electron chi connectivity index (χ1n) is 9.22. The molecule has 5 rings (SSSR count). The third kappa shape index (κ3) is 2.20. The van der Waals surface area contributed by atoms with Crippen molar-refractivity contribution < 1.29 is 0 Å². The predicted octanol–water partition coefficient (Wildman–Crippen LogP) is 6.94. The van der Waals surface area contributed by atoms with E-state index in [0.29, 0.717) is 0 Å². The summed E-state index contributed by atoms with van der Waals surface area (Å²) in [5, 5.41) is 3.73. The third-order valence-corrected chi connectivity index (χ3v) is 5.23. The Morgan fingerprint density at radius 2 is 1.59 bits per heavy atom. The van der Waals surface area contributed by atoms with E-state index in [9.17, 15) is 0 Å². The topological polar surface area (TPSA) is 20.7 Å². The monoisotopic (exact) mass is 348 g/mol. The fourth-order valence-electron chi connectivity index (χ4n) is 4.12. The molecule has 130 valence electrons. The largest absolute Gasteiger partial charge is 0.353 e. The maximum atomic E-state index is 4.11. The number of hydrogen-bond donors (Lipinski definition) is 1. The van der Waals surface area contributed by atoms with Crippen LogP contribution in [0.2, 0.25) is 0 Å². The number of nitrogens with one attached hydrogen (secondary N) is 1. The van der Waals surface area contributed by atoms with E-state index in [-0.39, 0.29) is 0 Å². The number of nitrogens with zero attached hydrogens (tertiary/aromatic N) is 1. The molecule has 5 aromatic rings. The average molecular weight is 348 g/mol. The molecule has 0 radical (unpaired) electrons. The van der Waals surface area contributed by atoms with Crippen molar-refractivity contribution >= 4 is 44.9 Å². The minimum absolute atomic E-state index is 1.11. The van der Waals surface area contributed by atoms with E-state index in [2.05, 4.69) is 95.9 Å². The fourth-order valence-corrected chi connectivity index (χ4v) is 4.12. The van der Waals surface area contributed by atoms with Gasteiger partial charge in [-0.05, 0) is 31.2 Å². The summed E-state index contributed by atoms with van der Waals surface area (Å²) in [7, 11) is 0. The summed E-state index contributed by atoms with van der Waals surface area (Å²) in [5.74, 6) is 0. The van der Waals surface area contributed by atoms with Gasteiger partial charge in [0, 0.05) is 32.9 Å². The maximum absolute atomic E-state index is 4.11. The number of para-hydroxylation sites is 2. The van der Waals surface area contributed by atoms with Crippen LogP contribution in [0.3, 0.4) is 0 Å². The summed E-state index contributed by atoms with van der Waals surface area (Å²) in [4.78, 5) is 3.66. The number of rotatable bonds is 3. The molecule has 0 unspecified atom stereocenters. The molecule has 2 aromatic heterocycles. The van der Waals surface area contributed by atoms with E-state index >= 15 is 0 Å². The highest BCUT2D eigenvalue weighted by molar-refractivity contribution is 6.18. The fraction of sp³-hybridized carbons (Fsp3) is 0.0400. The molecule has 2 heteroatoms. The molecule has 0 aliphatic carbocycles. The van der Waals surface area contributed by atoms with Gasteiger partial charge in [0.05, 0.1) is 16.7 Å². The number of allylic oxidation sites excluding steroid dienone is 1. The van der Waals surface area contributed by atoms with Crippen molar-refractivity contribution in [2.75, 3.05) is 0 Å². The Labute approximate surface area is 158 Å². The number of aromatic nitrogens is 2. The first kappa shape index (κ1) is 15.7. The van der Waals surface area contributed by atoms with Crippen LogP contribution in [0.15, 0.2) is 79.4 Å². The molecule has 2 heterocycles. The van der Waals surface area contributed by atoms with Gasteiger partial charge in [-0.1, -0.05) is 67.3 Å². The van der Waals surface area contributed by atoms with Crippen LogP contribution in [-0.2, 0) is 0 Å². The van der Waals surface area contributed by atoms with Crippen molar-refractivity contribution in [3.63, 3.8) is 0 Å². The summed E-state index contributed by atoms with van der Waals surface area (Å²) in [6.45, 7) is 6.17. The van der Waals surface area contributed by atoms with Gasteiger partial charge in [0.25, 0.3) is 0 Å². The maximum Gasteiger partial charge on any atom is 0.0783 e. The molecular weight excluding hydrogens is 328 g/mol. The van der Waals surface area contributed by atoms with E-state index in [1.54, 1.807) is 0 Å². The Morgan fingerprint density at radius 3 is 2.37 bits per heavy atom. The van der Waals surface area contributed by atoms with Crippen LogP contribution in [0.5, 0.6) is 0 Å². The molecule has 0 spiro atoms. The number of H-pyrrole nitrogens is 1. The van der Waals surface area contributed by atoms with Gasteiger partial charge in [0.2, 0.25) is 0 Å². The number of benzene rings is 3. The van der Waals surface area contributed by atoms with Crippen LogP contribution >= 0.6 is 0 Å². The Bertz CT molecular complexity index is 1330. The Balaban J connectivity index is 2.05. The highest BCUT2D eigenvalue weighted by Gasteiger charge is 2.18. The SMILES string of the molecule is C=Cc1c(/C=C\C)c2ccc3c4ccccc4[nH]c3c2n1-c1ccccc1. The van der Waals surface area contributed by atoms with Crippen LogP contribution in [0.1, 0.15) is 18.2 Å². The van der Waals surface area contributed by atoms with Crippen LogP contribution in [-0.4, -0.2) is 9.55 Å². The van der Waals surface area contributed by atoms with E-state index in [1.807, 2.05) is 12.1 Å². The highest BCUT2D eigenvalue weighted by Crippen LogP contribution is 2.38. The number of aromatic amines is 1. The Morgan fingerprint density at radius 1 is 0.852 bits per heavy atom. The molecule has 3 aromatic carbocycles. The average Bonchev–Trinajstić information content (AvgIpc) is 3.24. The molecule has 0 aliphatic heterocycles. The molecule has 0 saturated heterocycles. The first-order valence-corrected chi connectivity index (χ1v) is 9.22. The zero-order chi connectivity index (χ0) is 18.4. The molecule has 27 heavy (non-hydrogen) atoms.